The molecule has 28 heavy (non-hydrogen) atoms. The van der Waals surface area contributed by atoms with E-state index in [9.17, 15) is 9.59 Å². The van der Waals surface area contributed by atoms with Crippen molar-refractivity contribution in [3.8, 4) is 5.69 Å². The number of carbonyl (C=O) groups is 1. The van der Waals surface area contributed by atoms with Crippen molar-refractivity contribution >= 4 is 28.6 Å². The Bertz CT molecular complexity index is 1230. The summed E-state index contributed by atoms with van der Waals surface area (Å²) < 4.78 is 1.68. The summed E-state index contributed by atoms with van der Waals surface area (Å²) in [5.74, 6) is 0.173. The molecule has 0 saturated carbocycles. The van der Waals surface area contributed by atoms with E-state index in [4.69, 9.17) is 0 Å². The number of nitrogens with one attached hydrogen (secondary N) is 1. The van der Waals surface area contributed by atoms with Crippen LogP contribution in [0.25, 0.3) is 16.7 Å². The van der Waals surface area contributed by atoms with Crippen LogP contribution in [0.5, 0.6) is 0 Å². The fourth-order valence-electron chi connectivity index (χ4n) is 2.95. The van der Waals surface area contributed by atoms with Crippen LogP contribution >= 0.6 is 11.8 Å². The highest BCUT2D eigenvalue weighted by atomic mass is 32.2. The van der Waals surface area contributed by atoms with Crippen molar-refractivity contribution in [1.82, 2.24) is 19.7 Å². The van der Waals surface area contributed by atoms with Gasteiger partial charge in [-0.15, -0.1) is 0 Å². The summed E-state index contributed by atoms with van der Waals surface area (Å²) in [6.45, 7) is 4.04. The van der Waals surface area contributed by atoms with Crippen molar-refractivity contribution in [3.05, 3.63) is 81.8 Å². The minimum atomic E-state index is -0.267. The van der Waals surface area contributed by atoms with Crippen LogP contribution in [0, 0.1) is 13.8 Å². The van der Waals surface area contributed by atoms with Crippen LogP contribution in [0.15, 0.2) is 64.7 Å². The third kappa shape index (κ3) is 3.36. The number of hydrogen-bond donors (Lipinski definition) is 1. The van der Waals surface area contributed by atoms with Gasteiger partial charge in [0.25, 0.3) is 5.56 Å². The number of Topliss-reactive ketones (excluding diaryl/α,β-unsaturated/α-hetero) is 1. The first kappa shape index (κ1) is 18.2. The number of H-pyrrole nitrogens is 1. The summed E-state index contributed by atoms with van der Waals surface area (Å²) in [4.78, 5) is 32.1. The van der Waals surface area contributed by atoms with E-state index in [1.165, 1.54) is 18.0 Å². The van der Waals surface area contributed by atoms with Gasteiger partial charge in [0.2, 0.25) is 0 Å². The number of nitrogens with zero attached hydrogens (tertiary/aromatic N) is 3. The van der Waals surface area contributed by atoms with E-state index in [0.29, 0.717) is 21.8 Å². The van der Waals surface area contributed by atoms with Crippen molar-refractivity contribution in [1.29, 1.82) is 0 Å². The Morgan fingerprint density at radius 3 is 2.68 bits per heavy atom. The topological polar surface area (TPSA) is 80.6 Å². The summed E-state index contributed by atoms with van der Waals surface area (Å²) in [5, 5.41) is 5.18. The van der Waals surface area contributed by atoms with E-state index in [-0.39, 0.29) is 17.1 Å². The average molecular weight is 390 g/mol. The van der Waals surface area contributed by atoms with Gasteiger partial charge in [-0.05, 0) is 31.0 Å². The molecule has 0 aliphatic heterocycles. The molecular weight excluding hydrogens is 372 g/mol. The zero-order chi connectivity index (χ0) is 19.7. The number of thioether (sulfide) groups is 1. The molecule has 1 N–H and O–H groups in total. The lowest BCUT2D eigenvalue weighted by Crippen LogP contribution is -2.11. The predicted octanol–water partition coefficient (Wildman–Crippen LogP) is 3.70. The average Bonchev–Trinajstić information content (AvgIpc) is 3.13. The van der Waals surface area contributed by atoms with Crippen molar-refractivity contribution in [2.45, 2.75) is 19.0 Å². The molecule has 0 unspecified atom stereocenters. The number of aryl methyl sites for hydroxylation is 1. The first-order valence-electron chi connectivity index (χ1n) is 8.80. The minimum absolute atomic E-state index is 0.0172. The molecule has 0 aliphatic carbocycles. The number of ketones is 1. The van der Waals surface area contributed by atoms with E-state index in [2.05, 4.69) is 15.1 Å². The second kappa shape index (κ2) is 7.44. The molecule has 0 fully saturated rings. The van der Waals surface area contributed by atoms with Crippen LogP contribution in [0.1, 0.15) is 21.5 Å². The largest absolute Gasteiger partial charge is 0.301 e. The number of benzene rings is 2. The Hall–Kier alpha value is -3.19. The monoisotopic (exact) mass is 390 g/mol. The summed E-state index contributed by atoms with van der Waals surface area (Å²) in [7, 11) is 0. The summed E-state index contributed by atoms with van der Waals surface area (Å²) in [5.41, 5.74) is 3.93. The molecule has 4 aromatic rings. The molecule has 0 bridgehead atoms. The van der Waals surface area contributed by atoms with E-state index in [0.717, 1.165) is 16.8 Å². The van der Waals surface area contributed by atoms with Gasteiger partial charge in [-0.3, -0.25) is 9.59 Å². The van der Waals surface area contributed by atoms with Crippen LogP contribution in [-0.4, -0.2) is 31.3 Å². The van der Waals surface area contributed by atoms with Gasteiger partial charge in [0.05, 0.1) is 17.6 Å². The van der Waals surface area contributed by atoms with Crippen molar-refractivity contribution in [3.63, 3.8) is 0 Å². The van der Waals surface area contributed by atoms with Gasteiger partial charge < -0.3 is 4.98 Å². The highest BCUT2D eigenvalue weighted by Gasteiger charge is 2.15. The number of aromatic amines is 1. The zero-order valence-corrected chi connectivity index (χ0v) is 16.3. The lowest BCUT2D eigenvalue weighted by Gasteiger charge is -2.09. The Morgan fingerprint density at radius 1 is 1.11 bits per heavy atom. The van der Waals surface area contributed by atoms with Crippen LogP contribution < -0.4 is 5.56 Å². The molecule has 0 spiro atoms. The number of hydrogen-bond acceptors (Lipinski definition) is 5. The maximum absolute atomic E-state index is 12.5. The quantitative estimate of drug-likeness (QED) is 0.319. The molecule has 7 heteroatoms. The first-order chi connectivity index (χ1) is 13.5. The van der Waals surface area contributed by atoms with Gasteiger partial charge in [0.1, 0.15) is 5.39 Å². The Kier molecular flexibility index (Phi) is 4.83. The highest BCUT2D eigenvalue weighted by molar-refractivity contribution is 7.99. The third-order valence-electron chi connectivity index (χ3n) is 4.66. The van der Waals surface area contributed by atoms with Crippen molar-refractivity contribution < 1.29 is 4.79 Å². The number of rotatable bonds is 5. The maximum atomic E-state index is 12.5. The molecule has 2 heterocycles. The van der Waals surface area contributed by atoms with Gasteiger partial charge >= 0.3 is 0 Å². The number of aromatic nitrogens is 4. The molecule has 6 nitrogen and oxygen atoms in total. The molecule has 0 atom stereocenters. The van der Waals surface area contributed by atoms with E-state index in [1.54, 1.807) is 16.8 Å². The van der Waals surface area contributed by atoms with E-state index >= 15 is 0 Å². The van der Waals surface area contributed by atoms with Gasteiger partial charge in [-0.25, -0.2) is 9.67 Å². The predicted molar refractivity (Wildman–Crippen MR) is 110 cm³/mol. The minimum Gasteiger partial charge on any atom is -0.301 e. The van der Waals surface area contributed by atoms with E-state index in [1.807, 2.05) is 50.2 Å². The fourth-order valence-corrected chi connectivity index (χ4v) is 3.70. The molecule has 0 amide bonds. The molecule has 4 rings (SSSR count). The van der Waals surface area contributed by atoms with Gasteiger partial charge in [-0.2, -0.15) is 5.10 Å². The van der Waals surface area contributed by atoms with Crippen LogP contribution in [0.4, 0.5) is 0 Å². The number of fused-ring (bicyclic) bond motifs is 1. The van der Waals surface area contributed by atoms with Crippen molar-refractivity contribution in [2.24, 2.45) is 0 Å². The molecule has 0 radical (unpaired) electrons. The smallest absolute Gasteiger partial charge is 0.262 e. The van der Waals surface area contributed by atoms with Crippen LogP contribution in [0.2, 0.25) is 0 Å². The van der Waals surface area contributed by atoms with Gasteiger partial charge in [0, 0.05) is 5.56 Å². The normalized spacial score (nSPS) is 11.1. The summed E-state index contributed by atoms with van der Waals surface area (Å²) in [6.07, 6.45) is 1.52. The first-order valence-corrected chi connectivity index (χ1v) is 9.79. The SMILES string of the molecule is Cc1cccc(-n2ncc3c(=O)[nH]c(SCC(=O)c4ccccc4)nc32)c1C. The van der Waals surface area contributed by atoms with Crippen LogP contribution in [-0.2, 0) is 0 Å². The fraction of sp³-hybridized carbons (Fsp3) is 0.143. The zero-order valence-electron chi connectivity index (χ0n) is 15.5. The molecule has 0 aliphatic rings. The van der Waals surface area contributed by atoms with E-state index < -0.39 is 0 Å². The van der Waals surface area contributed by atoms with Gasteiger partial charge in [0.15, 0.2) is 16.6 Å². The molecule has 140 valence electrons. The van der Waals surface area contributed by atoms with Gasteiger partial charge in [-0.1, -0.05) is 54.2 Å². The Balaban J connectivity index is 1.69. The summed E-state index contributed by atoms with van der Waals surface area (Å²) >= 11 is 1.21. The molecular formula is C21H18N4O2S. The lowest BCUT2D eigenvalue weighted by molar-refractivity contribution is 0.102. The Labute approximate surface area is 165 Å². The maximum Gasteiger partial charge on any atom is 0.262 e. The van der Waals surface area contributed by atoms with Crippen LogP contribution in [0.3, 0.4) is 0 Å². The third-order valence-corrected chi connectivity index (χ3v) is 5.53. The van der Waals surface area contributed by atoms with Crippen molar-refractivity contribution in [2.75, 3.05) is 5.75 Å². The standard InChI is InChI=1S/C21H18N4O2S/c1-13-7-6-10-17(14(13)2)25-19-16(11-22-25)20(27)24-21(23-19)28-12-18(26)15-8-4-3-5-9-15/h3-11H,12H2,1-2H3,(H,23,24,27). The Morgan fingerprint density at radius 2 is 1.89 bits per heavy atom. The highest BCUT2D eigenvalue weighted by Crippen LogP contribution is 2.22. The number of carbonyl (C=O) groups excluding carboxylic acids is 1. The second-order valence-electron chi connectivity index (χ2n) is 6.46. The molecule has 2 aromatic heterocycles. The lowest BCUT2D eigenvalue weighted by atomic mass is 10.1. The second-order valence-corrected chi connectivity index (χ2v) is 7.43. The summed E-state index contributed by atoms with van der Waals surface area (Å²) in [6, 6.07) is 15.0. The molecule has 2 aromatic carbocycles. The molecule has 0 saturated heterocycles.